The third kappa shape index (κ3) is 4.10. The predicted octanol–water partition coefficient (Wildman–Crippen LogP) is 2.94. The van der Waals surface area contributed by atoms with Crippen LogP contribution >= 0.6 is 15.9 Å². The maximum Gasteiger partial charge on any atom is 0.128 e. The Labute approximate surface area is 106 Å². The highest BCUT2D eigenvalue weighted by Gasteiger charge is 2.16. The van der Waals surface area contributed by atoms with Gasteiger partial charge < -0.3 is 11.1 Å². The van der Waals surface area contributed by atoms with E-state index in [4.69, 9.17) is 5.73 Å². The molecule has 0 aliphatic rings. The van der Waals surface area contributed by atoms with Gasteiger partial charge in [-0.2, -0.15) is 0 Å². The van der Waals surface area contributed by atoms with Crippen LogP contribution in [0.25, 0.3) is 0 Å². The summed E-state index contributed by atoms with van der Waals surface area (Å²) in [5.41, 5.74) is 6.94. The zero-order valence-electron chi connectivity index (χ0n) is 10.2. The average molecular weight is 286 g/mol. The summed E-state index contributed by atoms with van der Waals surface area (Å²) in [6, 6.07) is 2.06. The van der Waals surface area contributed by atoms with Gasteiger partial charge in [0.25, 0.3) is 0 Å². The summed E-state index contributed by atoms with van der Waals surface area (Å²) >= 11 is 3.40. The summed E-state index contributed by atoms with van der Waals surface area (Å²) in [6.45, 7) is 8.08. The number of aryl methyl sites for hydroxylation is 1. The highest BCUT2D eigenvalue weighted by atomic mass is 79.9. The number of hydrogen-bond donors (Lipinski definition) is 2. The van der Waals surface area contributed by atoms with E-state index < -0.39 is 0 Å². The van der Waals surface area contributed by atoms with Crippen LogP contribution in [-0.4, -0.2) is 18.1 Å². The standard InChI is InChI=1S/C12H20BrN3/c1-9-6-10(13)7-15-11(9)16-8-12(2,3)4-5-14/h6-7H,4-5,8,14H2,1-3H3,(H,15,16). The molecule has 1 aromatic heterocycles. The van der Waals surface area contributed by atoms with Gasteiger partial charge in [-0.1, -0.05) is 13.8 Å². The molecule has 0 unspecified atom stereocenters. The quantitative estimate of drug-likeness (QED) is 0.875. The van der Waals surface area contributed by atoms with E-state index >= 15 is 0 Å². The fraction of sp³-hybridized carbons (Fsp3) is 0.583. The number of hydrogen-bond acceptors (Lipinski definition) is 3. The van der Waals surface area contributed by atoms with Crippen molar-refractivity contribution >= 4 is 21.7 Å². The van der Waals surface area contributed by atoms with Crippen LogP contribution in [0.3, 0.4) is 0 Å². The van der Waals surface area contributed by atoms with Crippen molar-refractivity contribution in [1.29, 1.82) is 0 Å². The van der Waals surface area contributed by atoms with Crippen molar-refractivity contribution in [1.82, 2.24) is 4.98 Å². The van der Waals surface area contributed by atoms with Gasteiger partial charge in [-0.05, 0) is 52.9 Å². The Morgan fingerprint density at radius 3 is 2.75 bits per heavy atom. The fourth-order valence-electron chi connectivity index (χ4n) is 1.53. The van der Waals surface area contributed by atoms with Crippen molar-refractivity contribution in [3.63, 3.8) is 0 Å². The van der Waals surface area contributed by atoms with E-state index in [0.717, 1.165) is 35.4 Å². The average Bonchev–Trinajstić information content (AvgIpc) is 2.16. The molecule has 0 fully saturated rings. The first-order valence-corrected chi connectivity index (χ1v) is 6.30. The molecule has 0 aliphatic heterocycles. The summed E-state index contributed by atoms with van der Waals surface area (Å²) in [5, 5.41) is 3.38. The summed E-state index contributed by atoms with van der Waals surface area (Å²) < 4.78 is 1.01. The Kier molecular flexibility index (Phi) is 4.74. The molecule has 1 rings (SSSR count). The Balaban J connectivity index is 2.61. The lowest BCUT2D eigenvalue weighted by molar-refractivity contribution is 0.365. The molecule has 3 nitrogen and oxygen atoms in total. The van der Waals surface area contributed by atoms with Gasteiger partial charge in [-0.3, -0.25) is 0 Å². The van der Waals surface area contributed by atoms with Crippen LogP contribution in [0.1, 0.15) is 25.8 Å². The minimum absolute atomic E-state index is 0.204. The zero-order chi connectivity index (χ0) is 12.2. The topological polar surface area (TPSA) is 50.9 Å². The summed E-state index contributed by atoms with van der Waals surface area (Å²) in [7, 11) is 0. The van der Waals surface area contributed by atoms with Crippen LogP contribution in [0.15, 0.2) is 16.7 Å². The van der Waals surface area contributed by atoms with Gasteiger partial charge in [0.05, 0.1) is 0 Å². The first-order valence-electron chi connectivity index (χ1n) is 5.51. The number of nitrogens with zero attached hydrogens (tertiary/aromatic N) is 1. The minimum atomic E-state index is 0.204. The van der Waals surface area contributed by atoms with Crippen LogP contribution in [0.2, 0.25) is 0 Å². The van der Waals surface area contributed by atoms with E-state index in [-0.39, 0.29) is 5.41 Å². The van der Waals surface area contributed by atoms with E-state index in [1.54, 1.807) is 0 Å². The molecule has 0 amide bonds. The zero-order valence-corrected chi connectivity index (χ0v) is 11.8. The molecule has 0 radical (unpaired) electrons. The normalized spacial score (nSPS) is 11.6. The Hall–Kier alpha value is -0.610. The van der Waals surface area contributed by atoms with Crippen LogP contribution in [0.5, 0.6) is 0 Å². The minimum Gasteiger partial charge on any atom is -0.369 e. The molecule has 1 aromatic rings. The van der Waals surface area contributed by atoms with Gasteiger partial charge in [0.15, 0.2) is 0 Å². The Morgan fingerprint density at radius 2 is 2.19 bits per heavy atom. The van der Waals surface area contributed by atoms with Crippen molar-refractivity contribution in [2.24, 2.45) is 11.1 Å². The molecule has 90 valence electrons. The van der Waals surface area contributed by atoms with E-state index in [1.807, 2.05) is 6.20 Å². The van der Waals surface area contributed by atoms with Gasteiger partial charge in [0.2, 0.25) is 0 Å². The maximum atomic E-state index is 5.58. The van der Waals surface area contributed by atoms with Crippen LogP contribution in [0.4, 0.5) is 5.82 Å². The second kappa shape index (κ2) is 5.64. The van der Waals surface area contributed by atoms with Crippen LogP contribution < -0.4 is 11.1 Å². The maximum absolute atomic E-state index is 5.58. The molecule has 0 aromatic carbocycles. The highest BCUT2D eigenvalue weighted by molar-refractivity contribution is 9.10. The van der Waals surface area contributed by atoms with Gasteiger partial charge in [-0.25, -0.2) is 4.98 Å². The monoisotopic (exact) mass is 285 g/mol. The molecule has 4 heteroatoms. The predicted molar refractivity (Wildman–Crippen MR) is 72.6 cm³/mol. The number of pyridine rings is 1. The Bertz CT molecular complexity index is 350. The molecule has 0 saturated carbocycles. The van der Waals surface area contributed by atoms with Gasteiger partial charge in [0.1, 0.15) is 5.82 Å². The molecular formula is C12H20BrN3. The number of nitrogens with one attached hydrogen (secondary N) is 1. The summed E-state index contributed by atoms with van der Waals surface area (Å²) in [4.78, 5) is 4.35. The lowest BCUT2D eigenvalue weighted by atomic mass is 9.89. The number of rotatable bonds is 5. The molecular weight excluding hydrogens is 266 g/mol. The highest BCUT2D eigenvalue weighted by Crippen LogP contribution is 2.22. The lowest BCUT2D eigenvalue weighted by Crippen LogP contribution is -2.26. The van der Waals surface area contributed by atoms with Crippen LogP contribution in [-0.2, 0) is 0 Å². The van der Waals surface area contributed by atoms with E-state index in [9.17, 15) is 0 Å². The molecule has 1 heterocycles. The fourth-order valence-corrected chi connectivity index (χ4v) is 1.97. The van der Waals surface area contributed by atoms with E-state index in [0.29, 0.717) is 0 Å². The Morgan fingerprint density at radius 1 is 1.50 bits per heavy atom. The van der Waals surface area contributed by atoms with Crippen molar-refractivity contribution < 1.29 is 0 Å². The number of halogens is 1. The van der Waals surface area contributed by atoms with Crippen molar-refractivity contribution in [2.45, 2.75) is 27.2 Å². The summed E-state index contributed by atoms with van der Waals surface area (Å²) in [5.74, 6) is 0.952. The molecule has 0 aliphatic carbocycles. The third-order valence-electron chi connectivity index (χ3n) is 2.60. The first-order chi connectivity index (χ1) is 7.44. The molecule has 0 bridgehead atoms. The molecule has 0 atom stereocenters. The third-order valence-corrected chi connectivity index (χ3v) is 3.03. The molecule has 0 saturated heterocycles. The SMILES string of the molecule is Cc1cc(Br)cnc1NCC(C)(C)CCN. The van der Waals surface area contributed by atoms with Gasteiger partial charge >= 0.3 is 0 Å². The van der Waals surface area contributed by atoms with Crippen molar-refractivity contribution in [2.75, 3.05) is 18.4 Å². The summed E-state index contributed by atoms with van der Waals surface area (Å²) in [6.07, 6.45) is 2.82. The molecule has 16 heavy (non-hydrogen) atoms. The van der Waals surface area contributed by atoms with Crippen molar-refractivity contribution in [3.05, 3.63) is 22.3 Å². The smallest absolute Gasteiger partial charge is 0.128 e. The number of aromatic nitrogens is 1. The molecule has 0 spiro atoms. The largest absolute Gasteiger partial charge is 0.369 e. The second-order valence-electron chi connectivity index (χ2n) is 4.88. The second-order valence-corrected chi connectivity index (χ2v) is 5.79. The number of anilines is 1. The van der Waals surface area contributed by atoms with E-state index in [1.165, 1.54) is 0 Å². The molecule has 3 N–H and O–H groups in total. The lowest BCUT2D eigenvalue weighted by Gasteiger charge is -2.24. The van der Waals surface area contributed by atoms with E-state index in [2.05, 4.69) is 53.1 Å². The van der Waals surface area contributed by atoms with Gasteiger partial charge in [0, 0.05) is 17.2 Å². The number of nitrogens with two attached hydrogens (primary N) is 1. The van der Waals surface area contributed by atoms with Crippen molar-refractivity contribution in [3.8, 4) is 0 Å². The first kappa shape index (κ1) is 13.5. The van der Waals surface area contributed by atoms with Crippen LogP contribution in [0, 0.1) is 12.3 Å². The van der Waals surface area contributed by atoms with Gasteiger partial charge in [-0.15, -0.1) is 0 Å².